The molecule has 0 aliphatic heterocycles. The first kappa shape index (κ1) is 19.7. The van der Waals surface area contributed by atoms with Crippen molar-refractivity contribution >= 4 is 17.3 Å². The molecule has 132 valence electrons. The molecular weight excluding hydrogens is 329 g/mol. The molecule has 0 unspecified atom stereocenters. The van der Waals surface area contributed by atoms with Crippen LogP contribution in [0.2, 0.25) is 0 Å². The Morgan fingerprint density at radius 1 is 1.39 bits per heavy atom. The van der Waals surface area contributed by atoms with Crippen LogP contribution in [0.1, 0.15) is 36.9 Å². The first-order chi connectivity index (χ1) is 10.8. The van der Waals surface area contributed by atoms with Gasteiger partial charge in [-0.2, -0.15) is 13.2 Å². The molecule has 5 nitrogen and oxygen atoms in total. The Kier molecular flexibility index (Phi) is 8.32. The molecule has 1 heterocycles. The third-order valence-electron chi connectivity index (χ3n) is 2.82. The number of nitrogens with zero attached hydrogens (tertiary/aromatic N) is 2. The number of hydrogen-bond donors (Lipinski definition) is 2. The second kappa shape index (κ2) is 9.71. The number of nitrogens with one attached hydrogen (secondary N) is 2. The highest BCUT2D eigenvalue weighted by Crippen LogP contribution is 2.17. The van der Waals surface area contributed by atoms with Gasteiger partial charge in [-0.1, -0.05) is 13.8 Å². The number of aliphatic imine (C=N–C) groups is 1. The lowest BCUT2D eigenvalue weighted by Gasteiger charge is -2.11. The van der Waals surface area contributed by atoms with Crippen molar-refractivity contribution in [2.24, 2.45) is 4.99 Å². The number of guanidine groups is 1. The number of hydrogen-bond acceptors (Lipinski definition) is 4. The highest BCUT2D eigenvalue weighted by molar-refractivity contribution is 7.09. The third kappa shape index (κ3) is 8.75. The van der Waals surface area contributed by atoms with E-state index in [1.54, 1.807) is 18.4 Å². The standard InChI is InChI=1S/C14H23F3N4OS/c1-10(2)11-8-23-12(21-11)7-20-13(18-3)19-5-4-6-22-9-14(15,16)17/h8,10H,4-7,9H2,1-3H3,(H2,18,19,20). The van der Waals surface area contributed by atoms with Gasteiger partial charge >= 0.3 is 6.18 Å². The fraction of sp³-hybridized carbons (Fsp3) is 0.714. The van der Waals surface area contributed by atoms with E-state index in [2.05, 4.69) is 39.2 Å². The number of rotatable bonds is 8. The molecule has 1 aromatic heterocycles. The lowest BCUT2D eigenvalue weighted by atomic mass is 10.2. The molecule has 0 fully saturated rings. The van der Waals surface area contributed by atoms with Crippen LogP contribution in [0.25, 0.3) is 0 Å². The summed E-state index contributed by atoms with van der Waals surface area (Å²) in [7, 11) is 1.64. The average Bonchev–Trinajstić information content (AvgIpc) is 2.93. The maximum atomic E-state index is 11.9. The summed E-state index contributed by atoms with van der Waals surface area (Å²) >= 11 is 1.58. The summed E-state index contributed by atoms with van der Waals surface area (Å²) in [6.45, 7) is 4.06. The van der Waals surface area contributed by atoms with Crippen LogP contribution in [0.5, 0.6) is 0 Å². The van der Waals surface area contributed by atoms with Crippen molar-refractivity contribution < 1.29 is 17.9 Å². The molecule has 0 spiro atoms. The zero-order chi connectivity index (χ0) is 17.3. The van der Waals surface area contributed by atoms with Gasteiger partial charge in [0.15, 0.2) is 5.96 Å². The van der Waals surface area contributed by atoms with E-state index in [0.29, 0.717) is 31.4 Å². The fourth-order valence-electron chi connectivity index (χ4n) is 1.62. The minimum atomic E-state index is -4.27. The molecule has 0 aliphatic rings. The smallest absolute Gasteiger partial charge is 0.372 e. The van der Waals surface area contributed by atoms with E-state index >= 15 is 0 Å². The van der Waals surface area contributed by atoms with Crippen molar-refractivity contribution in [3.63, 3.8) is 0 Å². The van der Waals surface area contributed by atoms with E-state index in [1.165, 1.54) is 0 Å². The maximum Gasteiger partial charge on any atom is 0.411 e. The molecule has 23 heavy (non-hydrogen) atoms. The van der Waals surface area contributed by atoms with E-state index < -0.39 is 12.8 Å². The zero-order valence-electron chi connectivity index (χ0n) is 13.5. The molecular formula is C14H23F3N4OS. The molecule has 0 bridgehead atoms. The Labute approximate surface area is 138 Å². The summed E-state index contributed by atoms with van der Waals surface area (Å²) in [5, 5.41) is 9.14. The Hall–Kier alpha value is -1.35. The van der Waals surface area contributed by atoms with Gasteiger partial charge in [-0.3, -0.25) is 4.99 Å². The lowest BCUT2D eigenvalue weighted by Crippen LogP contribution is -2.37. The van der Waals surface area contributed by atoms with Crippen molar-refractivity contribution in [3.8, 4) is 0 Å². The molecule has 1 aromatic rings. The second-order valence-electron chi connectivity index (χ2n) is 5.19. The van der Waals surface area contributed by atoms with Crippen LogP contribution in [-0.4, -0.2) is 43.9 Å². The van der Waals surface area contributed by atoms with E-state index in [-0.39, 0.29) is 6.61 Å². The average molecular weight is 352 g/mol. The Morgan fingerprint density at radius 3 is 2.70 bits per heavy atom. The molecule has 0 atom stereocenters. The molecule has 0 saturated heterocycles. The van der Waals surface area contributed by atoms with Crippen molar-refractivity contribution in [3.05, 3.63) is 16.1 Å². The Morgan fingerprint density at radius 2 is 2.13 bits per heavy atom. The normalized spacial score (nSPS) is 12.7. The summed E-state index contributed by atoms with van der Waals surface area (Å²) in [5.41, 5.74) is 1.07. The summed E-state index contributed by atoms with van der Waals surface area (Å²) in [6.07, 6.45) is -3.81. The number of alkyl halides is 3. The first-order valence-corrected chi connectivity index (χ1v) is 8.23. The van der Waals surface area contributed by atoms with Crippen molar-refractivity contribution in [2.45, 2.75) is 38.9 Å². The second-order valence-corrected chi connectivity index (χ2v) is 6.14. The molecule has 0 radical (unpaired) electrons. The lowest BCUT2D eigenvalue weighted by molar-refractivity contribution is -0.173. The SMILES string of the molecule is CN=C(NCCCOCC(F)(F)F)NCc1nc(C(C)C)cs1. The summed E-state index contributed by atoms with van der Waals surface area (Å²) < 4.78 is 40.2. The number of aromatic nitrogens is 1. The van der Waals surface area contributed by atoms with Gasteiger partial charge in [0.2, 0.25) is 0 Å². The monoisotopic (exact) mass is 352 g/mol. The number of halogens is 3. The van der Waals surface area contributed by atoms with Gasteiger partial charge < -0.3 is 15.4 Å². The van der Waals surface area contributed by atoms with Crippen molar-refractivity contribution in [1.82, 2.24) is 15.6 Å². The van der Waals surface area contributed by atoms with E-state index in [1.807, 2.05) is 5.38 Å². The Balaban J connectivity index is 2.19. The largest absolute Gasteiger partial charge is 0.411 e. The topological polar surface area (TPSA) is 58.5 Å². The van der Waals surface area contributed by atoms with Gasteiger partial charge in [0.25, 0.3) is 0 Å². The van der Waals surface area contributed by atoms with Gasteiger partial charge in [0.1, 0.15) is 11.6 Å². The van der Waals surface area contributed by atoms with E-state index in [4.69, 9.17) is 0 Å². The summed E-state index contributed by atoms with van der Waals surface area (Å²) in [5.74, 6) is 0.983. The van der Waals surface area contributed by atoms with Gasteiger partial charge in [-0.05, 0) is 12.3 Å². The predicted molar refractivity (Wildman–Crippen MR) is 85.9 cm³/mol. The number of thiazole rings is 1. The Bertz CT molecular complexity index is 489. The van der Waals surface area contributed by atoms with Gasteiger partial charge in [-0.25, -0.2) is 4.98 Å². The van der Waals surface area contributed by atoms with Crippen LogP contribution in [0, 0.1) is 0 Å². The van der Waals surface area contributed by atoms with Gasteiger partial charge in [-0.15, -0.1) is 11.3 Å². The van der Waals surface area contributed by atoms with Crippen LogP contribution >= 0.6 is 11.3 Å². The van der Waals surface area contributed by atoms with Crippen molar-refractivity contribution in [2.75, 3.05) is 26.8 Å². The minimum absolute atomic E-state index is 0.0493. The fourth-order valence-corrected chi connectivity index (χ4v) is 2.52. The van der Waals surface area contributed by atoms with Crippen LogP contribution in [0.3, 0.4) is 0 Å². The van der Waals surface area contributed by atoms with Crippen LogP contribution in [0.15, 0.2) is 10.4 Å². The summed E-state index contributed by atoms with van der Waals surface area (Å²) in [6, 6.07) is 0. The van der Waals surface area contributed by atoms with Gasteiger partial charge in [0, 0.05) is 25.6 Å². The zero-order valence-corrected chi connectivity index (χ0v) is 14.4. The van der Waals surface area contributed by atoms with Crippen LogP contribution in [-0.2, 0) is 11.3 Å². The molecule has 1 rings (SSSR count). The first-order valence-electron chi connectivity index (χ1n) is 7.35. The molecule has 9 heteroatoms. The quantitative estimate of drug-likeness (QED) is 0.429. The third-order valence-corrected chi connectivity index (χ3v) is 3.68. The minimum Gasteiger partial charge on any atom is -0.372 e. The van der Waals surface area contributed by atoms with E-state index in [0.717, 1.165) is 10.7 Å². The van der Waals surface area contributed by atoms with Crippen molar-refractivity contribution in [1.29, 1.82) is 0 Å². The van der Waals surface area contributed by atoms with Crippen LogP contribution in [0.4, 0.5) is 13.2 Å². The molecule has 2 N–H and O–H groups in total. The predicted octanol–water partition coefficient (Wildman–Crippen LogP) is 2.90. The van der Waals surface area contributed by atoms with Crippen LogP contribution < -0.4 is 10.6 Å². The highest BCUT2D eigenvalue weighted by atomic mass is 32.1. The highest BCUT2D eigenvalue weighted by Gasteiger charge is 2.27. The van der Waals surface area contributed by atoms with E-state index in [9.17, 15) is 13.2 Å². The number of ether oxygens (including phenoxy) is 1. The molecule has 0 aromatic carbocycles. The molecule has 0 saturated carbocycles. The summed E-state index contributed by atoms with van der Waals surface area (Å²) in [4.78, 5) is 8.56. The van der Waals surface area contributed by atoms with Gasteiger partial charge in [0.05, 0.1) is 12.2 Å². The maximum absolute atomic E-state index is 11.9. The molecule has 0 amide bonds. The molecule has 0 aliphatic carbocycles.